The molecule has 1 aromatic carbocycles. The number of carbonyl (C=O) groups excluding carboxylic acids is 1. The second-order valence-corrected chi connectivity index (χ2v) is 6.26. The summed E-state index contributed by atoms with van der Waals surface area (Å²) in [6, 6.07) is 5.24. The van der Waals surface area contributed by atoms with Crippen molar-refractivity contribution in [2.45, 2.75) is 13.3 Å². The second-order valence-electron chi connectivity index (χ2n) is 5.45. The summed E-state index contributed by atoms with van der Waals surface area (Å²) in [7, 11) is 1.45. The topological polar surface area (TPSA) is 90.0 Å². The molecule has 0 aliphatic carbocycles. The summed E-state index contributed by atoms with van der Waals surface area (Å²) in [5.41, 5.74) is 0.493. The molecular weight excluding hydrogens is 367 g/mol. The minimum atomic E-state index is -0.435. The molecule has 0 spiro atoms. The van der Waals surface area contributed by atoms with Gasteiger partial charge in [0.05, 0.1) is 5.39 Å². The van der Waals surface area contributed by atoms with Gasteiger partial charge in [0.1, 0.15) is 5.76 Å². The monoisotopic (exact) mass is 380 g/mol. The Morgan fingerprint density at radius 3 is 2.68 bits per heavy atom. The van der Waals surface area contributed by atoms with Gasteiger partial charge in [-0.2, -0.15) is 5.10 Å². The number of aromatic nitrogens is 3. The van der Waals surface area contributed by atoms with Gasteiger partial charge in [0, 0.05) is 23.6 Å². The van der Waals surface area contributed by atoms with E-state index < -0.39 is 11.5 Å². The number of rotatable bonds is 4. The van der Waals surface area contributed by atoms with Crippen LogP contribution in [0, 0.1) is 6.92 Å². The molecule has 9 heteroatoms. The molecule has 1 amide bonds. The van der Waals surface area contributed by atoms with Crippen LogP contribution in [0.15, 0.2) is 27.5 Å². The summed E-state index contributed by atoms with van der Waals surface area (Å²) in [5.74, 6) is -0.0745. The molecule has 0 aliphatic rings. The first-order valence-electron chi connectivity index (χ1n) is 7.44. The highest BCUT2D eigenvalue weighted by Crippen LogP contribution is 2.24. The van der Waals surface area contributed by atoms with E-state index >= 15 is 0 Å². The zero-order valence-corrected chi connectivity index (χ0v) is 15.0. The number of nitrogens with one attached hydrogen (secondary N) is 1. The number of halogens is 2. The molecule has 0 saturated carbocycles. The molecule has 0 saturated heterocycles. The van der Waals surface area contributed by atoms with Crippen molar-refractivity contribution in [2.75, 3.05) is 6.54 Å². The van der Waals surface area contributed by atoms with Gasteiger partial charge in [0.2, 0.25) is 0 Å². The van der Waals surface area contributed by atoms with Crippen LogP contribution in [0.25, 0.3) is 10.9 Å². The third kappa shape index (κ3) is 3.25. The SMILES string of the molecule is Cc1onc2c(=O)n(C)nc(C(=O)NCCc3c(Cl)cccc3Cl)c12. The number of carbonyl (C=O) groups is 1. The van der Waals surface area contributed by atoms with Crippen molar-refractivity contribution in [3.8, 4) is 0 Å². The van der Waals surface area contributed by atoms with E-state index in [0.29, 0.717) is 34.2 Å². The van der Waals surface area contributed by atoms with Crippen LogP contribution in [0.4, 0.5) is 0 Å². The quantitative estimate of drug-likeness (QED) is 0.750. The molecule has 3 rings (SSSR count). The van der Waals surface area contributed by atoms with E-state index in [4.69, 9.17) is 27.7 Å². The Morgan fingerprint density at radius 1 is 1.32 bits per heavy atom. The highest BCUT2D eigenvalue weighted by atomic mass is 35.5. The van der Waals surface area contributed by atoms with Gasteiger partial charge in [-0.1, -0.05) is 34.4 Å². The van der Waals surface area contributed by atoms with Crippen molar-refractivity contribution < 1.29 is 9.32 Å². The van der Waals surface area contributed by atoms with Crippen molar-refractivity contribution in [1.82, 2.24) is 20.3 Å². The summed E-state index contributed by atoms with van der Waals surface area (Å²) in [4.78, 5) is 24.5. The van der Waals surface area contributed by atoms with Crippen LogP contribution in [0.2, 0.25) is 10.0 Å². The van der Waals surface area contributed by atoms with Crippen LogP contribution in [0.1, 0.15) is 21.8 Å². The lowest BCUT2D eigenvalue weighted by Gasteiger charge is -2.09. The van der Waals surface area contributed by atoms with Gasteiger partial charge >= 0.3 is 0 Å². The smallest absolute Gasteiger partial charge is 0.296 e. The molecule has 7 nitrogen and oxygen atoms in total. The molecule has 3 aromatic rings. The molecule has 0 radical (unpaired) electrons. The van der Waals surface area contributed by atoms with Crippen LogP contribution in [-0.2, 0) is 13.5 Å². The molecule has 1 N–H and O–H groups in total. The summed E-state index contributed by atoms with van der Waals surface area (Å²) in [5, 5.41) is 11.9. The van der Waals surface area contributed by atoms with E-state index in [2.05, 4.69) is 15.6 Å². The van der Waals surface area contributed by atoms with Gasteiger partial charge in [-0.25, -0.2) is 4.68 Å². The molecule has 0 unspecified atom stereocenters. The fraction of sp³-hybridized carbons (Fsp3) is 0.250. The van der Waals surface area contributed by atoms with Gasteiger partial charge in [-0.05, 0) is 31.0 Å². The van der Waals surface area contributed by atoms with Crippen molar-refractivity contribution in [3.63, 3.8) is 0 Å². The average Bonchev–Trinajstić information content (AvgIpc) is 2.95. The Hall–Kier alpha value is -2.38. The fourth-order valence-corrected chi connectivity index (χ4v) is 3.10. The zero-order chi connectivity index (χ0) is 18.1. The van der Waals surface area contributed by atoms with Crippen LogP contribution in [-0.4, -0.2) is 27.4 Å². The lowest BCUT2D eigenvalue weighted by Crippen LogP contribution is -2.30. The first-order valence-corrected chi connectivity index (χ1v) is 8.20. The second kappa shape index (κ2) is 6.85. The van der Waals surface area contributed by atoms with Crippen molar-refractivity contribution in [3.05, 3.63) is 55.6 Å². The van der Waals surface area contributed by atoms with Crippen LogP contribution >= 0.6 is 23.2 Å². The van der Waals surface area contributed by atoms with Crippen LogP contribution < -0.4 is 10.9 Å². The zero-order valence-electron chi connectivity index (χ0n) is 13.5. The molecule has 2 heterocycles. The van der Waals surface area contributed by atoms with Gasteiger partial charge in [0.25, 0.3) is 11.5 Å². The van der Waals surface area contributed by atoms with Gasteiger partial charge in [-0.3, -0.25) is 9.59 Å². The maximum absolute atomic E-state index is 12.5. The van der Waals surface area contributed by atoms with Crippen LogP contribution in [0.3, 0.4) is 0 Å². The molecule has 2 aromatic heterocycles. The van der Waals surface area contributed by atoms with Crippen molar-refractivity contribution in [2.24, 2.45) is 7.05 Å². The Morgan fingerprint density at radius 2 is 2.00 bits per heavy atom. The predicted octanol–water partition coefficient (Wildman–Crippen LogP) is 2.51. The number of hydrogen-bond donors (Lipinski definition) is 1. The molecule has 0 fully saturated rings. The number of amides is 1. The number of hydrogen-bond acceptors (Lipinski definition) is 5. The summed E-state index contributed by atoms with van der Waals surface area (Å²) >= 11 is 12.2. The number of benzene rings is 1. The lowest BCUT2D eigenvalue weighted by atomic mass is 10.1. The molecule has 0 atom stereocenters. The maximum Gasteiger partial charge on any atom is 0.296 e. The van der Waals surface area contributed by atoms with Crippen LogP contribution in [0.5, 0.6) is 0 Å². The van der Waals surface area contributed by atoms with E-state index in [1.54, 1.807) is 25.1 Å². The van der Waals surface area contributed by atoms with E-state index in [1.165, 1.54) is 7.05 Å². The minimum absolute atomic E-state index is 0.0781. The highest BCUT2D eigenvalue weighted by molar-refractivity contribution is 6.36. The van der Waals surface area contributed by atoms with E-state index in [9.17, 15) is 9.59 Å². The first-order chi connectivity index (χ1) is 11.9. The minimum Gasteiger partial charge on any atom is -0.360 e. The third-order valence-electron chi connectivity index (χ3n) is 3.78. The van der Waals surface area contributed by atoms with E-state index in [0.717, 1.165) is 10.2 Å². The number of fused-ring (bicyclic) bond motifs is 1. The molecular formula is C16H14Cl2N4O3. The summed E-state index contributed by atoms with van der Waals surface area (Å²) in [6.45, 7) is 1.93. The largest absolute Gasteiger partial charge is 0.360 e. The van der Waals surface area contributed by atoms with E-state index in [-0.39, 0.29) is 11.2 Å². The van der Waals surface area contributed by atoms with E-state index in [1.807, 2.05) is 0 Å². The Bertz CT molecular complexity index is 1010. The standard InChI is InChI=1S/C16H14Cl2N4O3/c1-8-12-13(20-22(2)16(24)14(12)21-25-8)15(23)19-7-6-9-10(17)4-3-5-11(9)18/h3-5H,6-7H2,1-2H3,(H,19,23). The van der Waals surface area contributed by atoms with Gasteiger partial charge < -0.3 is 9.84 Å². The van der Waals surface area contributed by atoms with Gasteiger partial charge in [-0.15, -0.1) is 0 Å². The van der Waals surface area contributed by atoms with Crippen molar-refractivity contribution >= 4 is 40.0 Å². The highest BCUT2D eigenvalue weighted by Gasteiger charge is 2.21. The molecule has 0 aliphatic heterocycles. The Balaban J connectivity index is 1.83. The first kappa shape index (κ1) is 17.4. The normalized spacial score (nSPS) is 11.0. The predicted molar refractivity (Wildman–Crippen MR) is 94.3 cm³/mol. The summed E-state index contributed by atoms with van der Waals surface area (Å²) < 4.78 is 6.09. The number of nitrogens with zero attached hydrogens (tertiary/aromatic N) is 3. The Labute approximate surface area is 152 Å². The maximum atomic E-state index is 12.5. The molecule has 0 bridgehead atoms. The Kier molecular flexibility index (Phi) is 4.78. The van der Waals surface area contributed by atoms with Gasteiger partial charge in [0.15, 0.2) is 11.2 Å². The molecule has 25 heavy (non-hydrogen) atoms. The molecule has 130 valence electrons. The lowest BCUT2D eigenvalue weighted by molar-refractivity contribution is 0.0948. The van der Waals surface area contributed by atoms with Crippen molar-refractivity contribution in [1.29, 1.82) is 0 Å². The fourth-order valence-electron chi connectivity index (χ4n) is 2.51. The summed E-state index contributed by atoms with van der Waals surface area (Å²) in [6.07, 6.45) is 0.460. The average molecular weight is 381 g/mol. The third-order valence-corrected chi connectivity index (χ3v) is 4.49. The number of aryl methyl sites for hydroxylation is 2.